The summed E-state index contributed by atoms with van der Waals surface area (Å²) in [6, 6.07) is 7.66. The summed E-state index contributed by atoms with van der Waals surface area (Å²) in [5.41, 5.74) is 0.452. The lowest BCUT2D eigenvalue weighted by molar-refractivity contribution is -0.143. The molecule has 0 N–H and O–H groups in total. The summed E-state index contributed by atoms with van der Waals surface area (Å²) in [5, 5.41) is 0.713. The third-order valence-corrected chi connectivity index (χ3v) is 8.18. The summed E-state index contributed by atoms with van der Waals surface area (Å²) in [6.45, 7) is 1.63. The second kappa shape index (κ2) is 10.8. The number of rotatable bonds is 8. The maximum Gasteiger partial charge on any atom is 0.326 e. The fraction of sp³-hybridized carbons (Fsp3) is 0.286. The molecule has 0 aliphatic rings. The molecule has 0 fully saturated rings. The monoisotopic (exact) mass is 532 g/mol. The molecule has 1 heterocycles. The highest BCUT2D eigenvalue weighted by molar-refractivity contribution is 7.91. The number of carbonyl (C=O) groups excluding carboxylic acids is 2. The molecule has 0 bridgehead atoms. The Balaban J connectivity index is 1.83. The first-order chi connectivity index (χ1) is 15.6. The van der Waals surface area contributed by atoms with Crippen molar-refractivity contribution in [2.24, 2.45) is 4.99 Å². The van der Waals surface area contributed by atoms with E-state index in [9.17, 15) is 22.4 Å². The molecule has 2 aromatic carbocycles. The van der Waals surface area contributed by atoms with Crippen LogP contribution in [-0.2, 0) is 30.7 Å². The van der Waals surface area contributed by atoms with E-state index in [1.54, 1.807) is 19.1 Å². The molecular weight excluding hydrogens is 514 g/mol. The van der Waals surface area contributed by atoms with Crippen molar-refractivity contribution < 1.29 is 27.1 Å². The van der Waals surface area contributed by atoms with Crippen molar-refractivity contribution in [3.8, 4) is 0 Å². The molecule has 0 saturated carbocycles. The van der Waals surface area contributed by atoms with E-state index < -0.39 is 27.5 Å². The number of sulfone groups is 1. The molecule has 0 radical (unpaired) electrons. The summed E-state index contributed by atoms with van der Waals surface area (Å²) in [5.74, 6) is -1.94. The van der Waals surface area contributed by atoms with Crippen LogP contribution in [0.25, 0.3) is 10.2 Å². The van der Waals surface area contributed by atoms with E-state index in [1.165, 1.54) is 16.7 Å². The van der Waals surface area contributed by atoms with Crippen LogP contribution in [0.4, 0.5) is 4.39 Å². The molecule has 7 nitrogen and oxygen atoms in total. The Hall–Kier alpha value is -2.27. The number of benzene rings is 2. The van der Waals surface area contributed by atoms with Gasteiger partial charge >= 0.3 is 5.97 Å². The van der Waals surface area contributed by atoms with Crippen LogP contribution in [0.15, 0.2) is 46.3 Å². The first-order valence-corrected chi connectivity index (χ1v) is 13.0. The molecule has 0 spiro atoms. The van der Waals surface area contributed by atoms with Gasteiger partial charge in [-0.3, -0.25) is 9.59 Å². The third-order valence-electron chi connectivity index (χ3n) is 4.52. The standard InChI is InChI=1S/C21H19Cl2FN2O5S2/c1-2-31-18(28)12-26-19-15(22)9-10-16(23)20(19)32-21(26)25-17(27)4-3-11-33(29,30)14-7-5-13(24)6-8-14/h5-10H,2-4,11-12H2,1H3. The van der Waals surface area contributed by atoms with Crippen molar-refractivity contribution in [3.05, 3.63) is 57.1 Å². The van der Waals surface area contributed by atoms with Crippen LogP contribution in [0.1, 0.15) is 19.8 Å². The average Bonchev–Trinajstić information content (AvgIpc) is 3.10. The molecule has 3 aromatic rings. The Kier molecular flexibility index (Phi) is 8.28. The Labute approximate surface area is 203 Å². The van der Waals surface area contributed by atoms with E-state index in [2.05, 4.69) is 4.99 Å². The molecule has 1 amide bonds. The number of thiazole rings is 1. The van der Waals surface area contributed by atoms with Crippen molar-refractivity contribution in [2.45, 2.75) is 31.2 Å². The molecular formula is C21H19Cl2FN2O5S2. The van der Waals surface area contributed by atoms with E-state index in [-0.39, 0.29) is 41.4 Å². The minimum atomic E-state index is -3.67. The number of halogens is 3. The number of carbonyl (C=O) groups is 2. The van der Waals surface area contributed by atoms with E-state index in [0.29, 0.717) is 20.3 Å². The number of aromatic nitrogens is 1. The van der Waals surface area contributed by atoms with Crippen LogP contribution in [0.5, 0.6) is 0 Å². The van der Waals surface area contributed by atoms with Gasteiger partial charge in [-0.2, -0.15) is 4.99 Å². The number of hydrogen-bond acceptors (Lipinski definition) is 6. The van der Waals surface area contributed by atoms with E-state index >= 15 is 0 Å². The zero-order valence-corrected chi connectivity index (χ0v) is 20.5. The van der Waals surface area contributed by atoms with Gasteiger partial charge in [0.1, 0.15) is 12.4 Å². The predicted molar refractivity (Wildman–Crippen MR) is 125 cm³/mol. The lowest BCUT2D eigenvalue weighted by Gasteiger charge is -2.06. The number of fused-ring (bicyclic) bond motifs is 1. The second-order valence-electron chi connectivity index (χ2n) is 6.86. The van der Waals surface area contributed by atoms with Crippen molar-refractivity contribution >= 4 is 66.5 Å². The predicted octanol–water partition coefficient (Wildman–Crippen LogP) is 4.39. The van der Waals surface area contributed by atoms with Gasteiger partial charge in [0, 0.05) is 6.42 Å². The van der Waals surface area contributed by atoms with Crippen LogP contribution in [-0.4, -0.2) is 37.2 Å². The SMILES string of the molecule is CCOC(=O)Cn1c(=NC(=O)CCCS(=O)(=O)c2ccc(F)cc2)sc2c(Cl)ccc(Cl)c21. The Morgan fingerprint density at radius 3 is 2.45 bits per heavy atom. The Morgan fingerprint density at radius 2 is 1.79 bits per heavy atom. The molecule has 12 heteroatoms. The molecule has 176 valence electrons. The Morgan fingerprint density at radius 1 is 1.12 bits per heavy atom. The summed E-state index contributed by atoms with van der Waals surface area (Å²) < 4.78 is 44.8. The number of ether oxygens (including phenoxy) is 1. The van der Waals surface area contributed by atoms with Crippen molar-refractivity contribution in [3.63, 3.8) is 0 Å². The topological polar surface area (TPSA) is 94.8 Å². The summed E-state index contributed by atoms with van der Waals surface area (Å²) >= 11 is 13.6. The van der Waals surface area contributed by atoms with Gasteiger partial charge < -0.3 is 9.30 Å². The molecule has 0 unspecified atom stereocenters. The van der Waals surface area contributed by atoms with E-state index in [0.717, 1.165) is 23.5 Å². The highest BCUT2D eigenvalue weighted by Gasteiger charge is 2.18. The van der Waals surface area contributed by atoms with Crippen LogP contribution in [0.2, 0.25) is 10.0 Å². The number of hydrogen-bond donors (Lipinski definition) is 0. The zero-order valence-electron chi connectivity index (χ0n) is 17.4. The lowest BCUT2D eigenvalue weighted by atomic mass is 10.3. The molecule has 3 rings (SSSR count). The van der Waals surface area contributed by atoms with Gasteiger partial charge in [0.05, 0.1) is 37.5 Å². The van der Waals surface area contributed by atoms with Crippen LogP contribution >= 0.6 is 34.5 Å². The third kappa shape index (κ3) is 6.20. The maximum atomic E-state index is 13.0. The smallest absolute Gasteiger partial charge is 0.326 e. The molecule has 33 heavy (non-hydrogen) atoms. The maximum absolute atomic E-state index is 13.0. The first kappa shape index (κ1) is 25.4. The van der Waals surface area contributed by atoms with Crippen LogP contribution < -0.4 is 4.80 Å². The molecule has 0 atom stereocenters. The summed E-state index contributed by atoms with van der Waals surface area (Å²) in [7, 11) is -3.67. The van der Waals surface area contributed by atoms with Gasteiger partial charge in [0.15, 0.2) is 14.6 Å². The molecule has 1 aromatic heterocycles. The van der Waals surface area contributed by atoms with Gasteiger partial charge in [-0.15, -0.1) is 0 Å². The minimum absolute atomic E-state index is 0.0191. The second-order valence-corrected chi connectivity index (χ2v) is 10.8. The Bertz CT molecular complexity index is 1370. The minimum Gasteiger partial charge on any atom is -0.465 e. The lowest BCUT2D eigenvalue weighted by Crippen LogP contribution is -2.23. The fourth-order valence-electron chi connectivity index (χ4n) is 3.01. The van der Waals surface area contributed by atoms with Crippen LogP contribution in [0, 0.1) is 5.82 Å². The first-order valence-electron chi connectivity index (χ1n) is 9.81. The normalized spacial score (nSPS) is 12.3. The highest BCUT2D eigenvalue weighted by Crippen LogP contribution is 2.32. The van der Waals surface area contributed by atoms with E-state index in [1.807, 2.05) is 0 Å². The van der Waals surface area contributed by atoms with Crippen molar-refractivity contribution in [2.75, 3.05) is 12.4 Å². The number of amides is 1. The number of esters is 1. The van der Waals surface area contributed by atoms with Gasteiger partial charge in [0.2, 0.25) is 5.91 Å². The van der Waals surface area contributed by atoms with Gasteiger partial charge in [-0.1, -0.05) is 34.5 Å². The molecule has 0 aliphatic heterocycles. The number of nitrogens with zero attached hydrogens (tertiary/aromatic N) is 2. The van der Waals surface area contributed by atoms with Gasteiger partial charge in [-0.25, -0.2) is 12.8 Å². The summed E-state index contributed by atoms with van der Waals surface area (Å²) in [6.07, 6.45) is -0.123. The van der Waals surface area contributed by atoms with Crippen molar-refractivity contribution in [1.29, 1.82) is 0 Å². The average molecular weight is 533 g/mol. The molecule has 0 aliphatic carbocycles. The van der Waals surface area contributed by atoms with Gasteiger partial charge in [-0.05, 0) is 49.7 Å². The largest absolute Gasteiger partial charge is 0.465 e. The van der Waals surface area contributed by atoms with Crippen LogP contribution in [0.3, 0.4) is 0 Å². The highest BCUT2D eigenvalue weighted by atomic mass is 35.5. The quantitative estimate of drug-likeness (QED) is 0.316. The zero-order chi connectivity index (χ0) is 24.2. The van der Waals surface area contributed by atoms with E-state index in [4.69, 9.17) is 27.9 Å². The van der Waals surface area contributed by atoms with Gasteiger partial charge in [0.25, 0.3) is 0 Å². The van der Waals surface area contributed by atoms with Crippen molar-refractivity contribution in [1.82, 2.24) is 4.57 Å². The fourth-order valence-corrected chi connectivity index (χ4v) is 5.99. The summed E-state index contributed by atoms with van der Waals surface area (Å²) in [4.78, 5) is 28.8. The molecule has 0 saturated heterocycles.